The third kappa shape index (κ3) is 4.16. The van der Waals surface area contributed by atoms with Gasteiger partial charge in [-0.25, -0.2) is 4.98 Å². The van der Waals surface area contributed by atoms with Crippen LogP contribution in [0, 0.1) is 0 Å². The van der Waals surface area contributed by atoms with Gasteiger partial charge in [0.15, 0.2) is 5.78 Å². The Kier molecular flexibility index (Phi) is 5.38. The Bertz CT molecular complexity index is 1060. The molecule has 158 valence electrons. The first kappa shape index (κ1) is 19.7. The highest BCUT2D eigenvalue weighted by Gasteiger charge is 2.31. The predicted octanol–water partition coefficient (Wildman–Crippen LogP) is 3.29. The molecule has 0 radical (unpaired) electrons. The smallest absolute Gasteiger partial charge is 0.227 e. The number of aromatic nitrogens is 2. The van der Waals surface area contributed by atoms with E-state index in [-0.39, 0.29) is 11.7 Å². The number of benzene rings is 2. The molecule has 0 saturated carbocycles. The van der Waals surface area contributed by atoms with Crippen molar-refractivity contribution >= 4 is 17.5 Å². The van der Waals surface area contributed by atoms with Crippen LogP contribution in [0.25, 0.3) is 0 Å². The zero-order valence-corrected chi connectivity index (χ0v) is 17.6. The normalized spacial score (nSPS) is 19.3. The lowest BCUT2D eigenvalue weighted by Crippen LogP contribution is -2.46. The van der Waals surface area contributed by atoms with E-state index >= 15 is 0 Å². The van der Waals surface area contributed by atoms with E-state index in [0.717, 1.165) is 44.8 Å². The van der Waals surface area contributed by atoms with E-state index in [1.54, 1.807) is 0 Å². The van der Waals surface area contributed by atoms with Crippen LogP contribution in [0.5, 0.6) is 0 Å². The molecule has 0 bridgehead atoms. The van der Waals surface area contributed by atoms with Crippen molar-refractivity contribution in [1.82, 2.24) is 14.9 Å². The average molecular weight is 414 g/mol. The van der Waals surface area contributed by atoms with Gasteiger partial charge in [-0.2, -0.15) is 4.98 Å². The molecule has 5 rings (SSSR count). The molecular weight excluding hydrogens is 386 g/mol. The van der Waals surface area contributed by atoms with Gasteiger partial charge in [0.25, 0.3) is 0 Å². The van der Waals surface area contributed by atoms with E-state index in [1.807, 2.05) is 24.3 Å². The van der Waals surface area contributed by atoms with Gasteiger partial charge in [0.1, 0.15) is 5.82 Å². The number of nitrogens with zero attached hydrogens (tertiary/aromatic N) is 4. The van der Waals surface area contributed by atoms with Crippen LogP contribution in [0.4, 0.5) is 11.8 Å². The number of Topliss-reactive ketones (excluding diaryl/α,β-unsaturated/α-hetero) is 1. The number of anilines is 2. The van der Waals surface area contributed by atoms with Crippen molar-refractivity contribution in [2.75, 3.05) is 36.8 Å². The van der Waals surface area contributed by atoms with Crippen molar-refractivity contribution in [1.29, 1.82) is 0 Å². The van der Waals surface area contributed by atoms with E-state index in [2.05, 4.69) is 51.2 Å². The maximum absolute atomic E-state index is 12.8. The molecular formula is C25H27N5O. The molecule has 2 N–H and O–H groups in total. The van der Waals surface area contributed by atoms with Crippen LogP contribution in [-0.4, -0.2) is 46.8 Å². The lowest BCUT2D eigenvalue weighted by atomic mass is 9.82. The maximum Gasteiger partial charge on any atom is 0.227 e. The number of carbonyl (C=O) groups is 1. The van der Waals surface area contributed by atoms with E-state index in [0.29, 0.717) is 23.8 Å². The molecule has 1 aliphatic carbocycles. The summed E-state index contributed by atoms with van der Waals surface area (Å²) in [5.41, 5.74) is 10.1. The quantitative estimate of drug-likeness (QED) is 0.707. The minimum Gasteiger partial charge on any atom is -0.383 e. The lowest BCUT2D eigenvalue weighted by molar-refractivity contribution is 0.0964. The molecule has 6 nitrogen and oxygen atoms in total. The second kappa shape index (κ2) is 8.47. The number of nitrogen functional groups attached to an aromatic ring is 1. The zero-order valence-electron chi connectivity index (χ0n) is 17.6. The van der Waals surface area contributed by atoms with Crippen LogP contribution in [-0.2, 0) is 13.0 Å². The van der Waals surface area contributed by atoms with E-state index < -0.39 is 0 Å². The highest BCUT2D eigenvalue weighted by atomic mass is 16.1. The van der Waals surface area contributed by atoms with E-state index in [1.165, 1.54) is 11.1 Å². The van der Waals surface area contributed by atoms with Gasteiger partial charge in [-0.3, -0.25) is 9.69 Å². The Morgan fingerprint density at radius 3 is 2.26 bits per heavy atom. The van der Waals surface area contributed by atoms with Crippen molar-refractivity contribution in [3.8, 4) is 0 Å². The van der Waals surface area contributed by atoms with Crippen molar-refractivity contribution in [2.45, 2.75) is 25.3 Å². The second-order valence-corrected chi connectivity index (χ2v) is 8.42. The summed E-state index contributed by atoms with van der Waals surface area (Å²) < 4.78 is 0. The number of ketones is 1. The summed E-state index contributed by atoms with van der Waals surface area (Å²) in [6.07, 6.45) is 1.18. The fourth-order valence-electron chi connectivity index (χ4n) is 4.65. The van der Waals surface area contributed by atoms with E-state index in [4.69, 9.17) is 10.7 Å². The minimum absolute atomic E-state index is 0.0480. The first-order valence-corrected chi connectivity index (χ1v) is 10.9. The largest absolute Gasteiger partial charge is 0.383 e. The molecule has 1 unspecified atom stereocenters. The Hall–Kier alpha value is -3.25. The number of rotatable bonds is 4. The van der Waals surface area contributed by atoms with Gasteiger partial charge in [0, 0.05) is 39.1 Å². The first-order chi connectivity index (χ1) is 15.2. The lowest BCUT2D eigenvalue weighted by Gasteiger charge is -2.35. The molecule has 1 atom stereocenters. The molecule has 2 heterocycles. The molecule has 31 heavy (non-hydrogen) atoms. The summed E-state index contributed by atoms with van der Waals surface area (Å²) >= 11 is 0. The van der Waals surface area contributed by atoms with E-state index in [9.17, 15) is 4.79 Å². The number of piperazine rings is 1. The van der Waals surface area contributed by atoms with Crippen molar-refractivity contribution in [3.05, 3.63) is 83.0 Å². The molecule has 1 aliphatic heterocycles. The van der Waals surface area contributed by atoms with Crippen LogP contribution in [0.1, 0.15) is 39.5 Å². The molecule has 1 saturated heterocycles. The highest BCUT2D eigenvalue weighted by Crippen LogP contribution is 2.34. The standard InChI is InChI=1S/C25H27N5O/c26-24-23-21(15-20(16-22(23)31)19-9-5-2-6-10-19)27-25(28-24)30-13-11-29(12-14-30)17-18-7-3-1-4-8-18/h1-10,20H,11-17H2,(H2,26,27,28). The van der Waals surface area contributed by atoms with Gasteiger partial charge in [-0.15, -0.1) is 0 Å². The molecule has 0 amide bonds. The number of hydrogen-bond donors (Lipinski definition) is 1. The van der Waals surface area contributed by atoms with Crippen molar-refractivity contribution in [3.63, 3.8) is 0 Å². The summed E-state index contributed by atoms with van der Waals surface area (Å²) in [4.78, 5) is 26.8. The van der Waals surface area contributed by atoms with Crippen molar-refractivity contribution in [2.24, 2.45) is 0 Å². The van der Waals surface area contributed by atoms with Gasteiger partial charge in [-0.05, 0) is 23.5 Å². The highest BCUT2D eigenvalue weighted by molar-refractivity contribution is 6.02. The number of carbonyl (C=O) groups excluding carboxylic acids is 1. The van der Waals surface area contributed by atoms with Gasteiger partial charge in [-0.1, -0.05) is 60.7 Å². The molecule has 3 aromatic rings. The summed E-state index contributed by atoms with van der Waals surface area (Å²) in [6, 6.07) is 20.7. The molecule has 2 aromatic carbocycles. The van der Waals surface area contributed by atoms with Crippen LogP contribution >= 0.6 is 0 Å². The van der Waals surface area contributed by atoms with Gasteiger partial charge >= 0.3 is 0 Å². The summed E-state index contributed by atoms with van der Waals surface area (Å²) in [5, 5.41) is 0. The minimum atomic E-state index is 0.0480. The Labute approximate surface area is 182 Å². The van der Waals surface area contributed by atoms with Crippen LogP contribution in [0.15, 0.2) is 60.7 Å². The fraction of sp³-hybridized carbons (Fsp3) is 0.320. The summed E-state index contributed by atoms with van der Waals surface area (Å²) in [6.45, 7) is 4.54. The topological polar surface area (TPSA) is 75.3 Å². The summed E-state index contributed by atoms with van der Waals surface area (Å²) in [5.74, 6) is 1.17. The molecule has 1 aromatic heterocycles. The Morgan fingerprint density at radius 2 is 1.55 bits per heavy atom. The summed E-state index contributed by atoms with van der Waals surface area (Å²) in [7, 11) is 0. The van der Waals surface area contributed by atoms with Gasteiger partial charge in [0.2, 0.25) is 5.95 Å². The molecule has 0 spiro atoms. The Balaban J connectivity index is 1.31. The number of nitrogens with two attached hydrogens (primary N) is 1. The van der Waals surface area contributed by atoms with Gasteiger partial charge < -0.3 is 10.6 Å². The predicted molar refractivity (Wildman–Crippen MR) is 122 cm³/mol. The first-order valence-electron chi connectivity index (χ1n) is 10.9. The second-order valence-electron chi connectivity index (χ2n) is 8.42. The van der Waals surface area contributed by atoms with Crippen LogP contribution < -0.4 is 10.6 Å². The molecule has 6 heteroatoms. The number of fused-ring (bicyclic) bond motifs is 1. The molecule has 1 fully saturated rings. The number of hydrogen-bond acceptors (Lipinski definition) is 6. The Morgan fingerprint density at radius 1 is 0.871 bits per heavy atom. The SMILES string of the molecule is Nc1nc(N2CCN(Cc3ccccc3)CC2)nc2c1C(=O)CC(c1ccccc1)C2. The average Bonchev–Trinajstić information content (AvgIpc) is 2.80. The maximum atomic E-state index is 12.8. The third-order valence-corrected chi connectivity index (χ3v) is 6.33. The fourth-order valence-corrected chi connectivity index (χ4v) is 4.65. The zero-order chi connectivity index (χ0) is 21.2. The van der Waals surface area contributed by atoms with Crippen molar-refractivity contribution < 1.29 is 4.79 Å². The van der Waals surface area contributed by atoms with Gasteiger partial charge in [0.05, 0.1) is 11.3 Å². The van der Waals surface area contributed by atoms with Crippen LogP contribution in [0.3, 0.4) is 0 Å². The molecule has 2 aliphatic rings. The monoisotopic (exact) mass is 413 g/mol. The van der Waals surface area contributed by atoms with Crippen LogP contribution in [0.2, 0.25) is 0 Å². The third-order valence-electron chi connectivity index (χ3n) is 6.33.